The number of anilines is 1. The summed E-state index contributed by atoms with van der Waals surface area (Å²) >= 11 is 0. The van der Waals surface area contributed by atoms with Gasteiger partial charge in [-0.15, -0.1) is 6.58 Å². The lowest BCUT2D eigenvalue weighted by atomic mass is 9.97. The highest BCUT2D eigenvalue weighted by atomic mass is 19.1. The van der Waals surface area contributed by atoms with Crippen LogP contribution in [0.4, 0.5) is 14.9 Å². The summed E-state index contributed by atoms with van der Waals surface area (Å²) in [6.07, 6.45) is 0.180. The molecule has 0 bridgehead atoms. The summed E-state index contributed by atoms with van der Waals surface area (Å²) in [5.74, 6) is -0.837. The van der Waals surface area contributed by atoms with Gasteiger partial charge in [-0.25, -0.2) is 9.18 Å². The van der Waals surface area contributed by atoms with Crippen molar-refractivity contribution in [2.24, 2.45) is 5.92 Å². The minimum Gasteiger partial charge on any atom is -0.505 e. The van der Waals surface area contributed by atoms with Gasteiger partial charge in [-0.1, -0.05) is 19.1 Å². The Morgan fingerprint density at radius 3 is 2.52 bits per heavy atom. The number of phenols is 1. The Morgan fingerprint density at radius 2 is 1.96 bits per heavy atom. The molecule has 0 saturated carbocycles. The van der Waals surface area contributed by atoms with Gasteiger partial charge in [0.05, 0.1) is 7.11 Å². The van der Waals surface area contributed by atoms with E-state index in [-0.39, 0.29) is 5.92 Å². The zero-order chi connectivity index (χ0) is 18.4. The first-order valence-electron chi connectivity index (χ1n) is 7.67. The van der Waals surface area contributed by atoms with Crippen molar-refractivity contribution in [2.75, 3.05) is 12.4 Å². The summed E-state index contributed by atoms with van der Waals surface area (Å²) in [5.41, 5.74) is 0.959. The molecule has 132 valence electrons. The van der Waals surface area contributed by atoms with Crippen LogP contribution < -0.4 is 10.1 Å². The first kappa shape index (κ1) is 18.3. The second-order valence-corrected chi connectivity index (χ2v) is 5.49. The Balaban J connectivity index is 2.13. The van der Waals surface area contributed by atoms with Crippen LogP contribution in [-0.4, -0.2) is 18.3 Å². The van der Waals surface area contributed by atoms with E-state index in [1.807, 2.05) is 0 Å². The van der Waals surface area contributed by atoms with E-state index in [4.69, 9.17) is 9.47 Å². The predicted octanol–water partition coefficient (Wildman–Crippen LogP) is 4.65. The van der Waals surface area contributed by atoms with E-state index in [0.29, 0.717) is 17.0 Å². The van der Waals surface area contributed by atoms with E-state index >= 15 is 0 Å². The summed E-state index contributed by atoms with van der Waals surface area (Å²) in [6.45, 7) is 5.48. The largest absolute Gasteiger partial charge is 0.505 e. The molecule has 0 unspecified atom stereocenters. The maximum absolute atomic E-state index is 13.6. The van der Waals surface area contributed by atoms with Gasteiger partial charge in [0.25, 0.3) is 0 Å². The van der Waals surface area contributed by atoms with Gasteiger partial charge in [0.2, 0.25) is 0 Å². The molecule has 0 heterocycles. The van der Waals surface area contributed by atoms with Crippen LogP contribution in [0.5, 0.6) is 11.5 Å². The van der Waals surface area contributed by atoms with Gasteiger partial charge in [-0.3, -0.25) is 5.32 Å². The van der Waals surface area contributed by atoms with Crippen LogP contribution in [0.3, 0.4) is 0 Å². The van der Waals surface area contributed by atoms with E-state index in [1.54, 1.807) is 44.4 Å². The van der Waals surface area contributed by atoms with Crippen LogP contribution in [0.1, 0.15) is 18.6 Å². The van der Waals surface area contributed by atoms with Gasteiger partial charge in [0.1, 0.15) is 11.9 Å². The summed E-state index contributed by atoms with van der Waals surface area (Å²) in [4.78, 5) is 12.2. The molecule has 2 rings (SSSR count). The third-order valence-corrected chi connectivity index (χ3v) is 3.72. The van der Waals surface area contributed by atoms with Gasteiger partial charge in [0, 0.05) is 11.6 Å². The summed E-state index contributed by atoms with van der Waals surface area (Å²) in [5, 5.41) is 11.9. The van der Waals surface area contributed by atoms with Crippen molar-refractivity contribution in [1.82, 2.24) is 0 Å². The van der Waals surface area contributed by atoms with Crippen molar-refractivity contribution in [2.45, 2.75) is 13.0 Å². The molecular formula is C19H20FNO4. The lowest BCUT2D eigenvalue weighted by molar-refractivity contribution is 0.0895. The fourth-order valence-electron chi connectivity index (χ4n) is 2.24. The van der Waals surface area contributed by atoms with Crippen molar-refractivity contribution >= 4 is 11.8 Å². The SMILES string of the molecule is C=C[C@@H](C)[C@@H](OC(=O)Nc1ccc(OC)cc1)c1ccc(O)c(F)c1. The van der Waals surface area contributed by atoms with Crippen LogP contribution in [0.25, 0.3) is 0 Å². The average Bonchev–Trinajstić information content (AvgIpc) is 2.62. The Morgan fingerprint density at radius 1 is 1.28 bits per heavy atom. The molecule has 0 aromatic heterocycles. The van der Waals surface area contributed by atoms with E-state index in [9.17, 15) is 14.3 Å². The number of hydrogen-bond donors (Lipinski definition) is 2. The summed E-state index contributed by atoms with van der Waals surface area (Å²) < 4.78 is 24.1. The van der Waals surface area contributed by atoms with Crippen LogP contribution in [-0.2, 0) is 4.74 Å². The quantitative estimate of drug-likeness (QED) is 0.748. The number of carbonyl (C=O) groups is 1. The van der Waals surface area contributed by atoms with E-state index in [0.717, 1.165) is 6.07 Å². The molecule has 2 N–H and O–H groups in total. The lowest BCUT2D eigenvalue weighted by Gasteiger charge is -2.22. The molecule has 0 saturated heterocycles. The van der Waals surface area contributed by atoms with E-state index in [1.165, 1.54) is 12.1 Å². The molecule has 0 aliphatic rings. The van der Waals surface area contributed by atoms with Gasteiger partial charge < -0.3 is 14.6 Å². The Kier molecular flexibility index (Phi) is 6.00. The second kappa shape index (κ2) is 8.19. The van der Waals surface area contributed by atoms with E-state index < -0.39 is 23.8 Å². The zero-order valence-electron chi connectivity index (χ0n) is 14.0. The molecule has 6 heteroatoms. The first-order chi connectivity index (χ1) is 11.9. The fraction of sp³-hybridized carbons (Fsp3) is 0.211. The van der Waals surface area contributed by atoms with Crippen molar-refractivity contribution < 1.29 is 23.8 Å². The number of hydrogen-bond acceptors (Lipinski definition) is 4. The minimum absolute atomic E-state index is 0.259. The summed E-state index contributed by atoms with van der Waals surface area (Å²) in [6, 6.07) is 10.6. The Labute approximate surface area is 145 Å². The number of halogens is 1. The highest BCUT2D eigenvalue weighted by Gasteiger charge is 2.23. The predicted molar refractivity (Wildman–Crippen MR) is 93.3 cm³/mol. The monoisotopic (exact) mass is 345 g/mol. The third kappa shape index (κ3) is 4.73. The molecule has 0 fully saturated rings. The van der Waals surface area contributed by atoms with Crippen molar-refractivity contribution in [3.8, 4) is 11.5 Å². The highest BCUT2D eigenvalue weighted by molar-refractivity contribution is 5.84. The number of amides is 1. The maximum Gasteiger partial charge on any atom is 0.412 e. The van der Waals surface area contributed by atoms with Crippen molar-refractivity contribution in [3.05, 3.63) is 66.5 Å². The molecule has 1 amide bonds. The first-order valence-corrected chi connectivity index (χ1v) is 7.67. The summed E-state index contributed by atoms with van der Waals surface area (Å²) in [7, 11) is 1.55. The molecule has 0 aliphatic carbocycles. The minimum atomic E-state index is -0.780. The molecule has 2 atom stereocenters. The highest BCUT2D eigenvalue weighted by Crippen LogP contribution is 2.30. The third-order valence-electron chi connectivity index (χ3n) is 3.72. The molecule has 5 nitrogen and oxygen atoms in total. The number of methoxy groups -OCH3 is 1. The molecule has 25 heavy (non-hydrogen) atoms. The second-order valence-electron chi connectivity index (χ2n) is 5.49. The average molecular weight is 345 g/mol. The van der Waals surface area contributed by atoms with Crippen LogP contribution in [0.15, 0.2) is 55.1 Å². The Bertz CT molecular complexity index is 746. The molecule has 0 radical (unpaired) electrons. The van der Waals surface area contributed by atoms with Crippen LogP contribution in [0.2, 0.25) is 0 Å². The van der Waals surface area contributed by atoms with Crippen LogP contribution >= 0.6 is 0 Å². The van der Waals surface area contributed by atoms with Gasteiger partial charge >= 0.3 is 6.09 Å². The maximum atomic E-state index is 13.6. The number of phenolic OH excluding ortho intramolecular Hbond substituents is 1. The topological polar surface area (TPSA) is 67.8 Å². The Hall–Kier alpha value is -3.02. The number of benzene rings is 2. The zero-order valence-corrected chi connectivity index (χ0v) is 14.0. The number of nitrogens with one attached hydrogen (secondary N) is 1. The van der Waals surface area contributed by atoms with Crippen molar-refractivity contribution in [1.29, 1.82) is 0 Å². The standard InChI is InChI=1S/C19H20FNO4/c1-4-12(2)18(13-5-10-17(22)16(20)11-13)25-19(23)21-14-6-8-15(24-3)9-7-14/h4-12,18,22H,1H2,2-3H3,(H,21,23)/t12-,18-/m1/s1. The molecule has 0 aliphatic heterocycles. The fourth-order valence-corrected chi connectivity index (χ4v) is 2.24. The lowest BCUT2D eigenvalue weighted by Crippen LogP contribution is -2.21. The van der Waals surface area contributed by atoms with Crippen LogP contribution in [0, 0.1) is 11.7 Å². The van der Waals surface area contributed by atoms with E-state index in [2.05, 4.69) is 11.9 Å². The normalized spacial score (nSPS) is 12.8. The van der Waals surface area contributed by atoms with Crippen molar-refractivity contribution in [3.63, 3.8) is 0 Å². The number of carbonyl (C=O) groups excluding carboxylic acids is 1. The smallest absolute Gasteiger partial charge is 0.412 e. The number of aromatic hydroxyl groups is 1. The van der Waals surface area contributed by atoms with Gasteiger partial charge in [0.15, 0.2) is 11.6 Å². The number of ether oxygens (including phenoxy) is 2. The number of rotatable bonds is 6. The molecule has 2 aromatic rings. The van der Waals surface area contributed by atoms with Gasteiger partial charge in [-0.05, 0) is 42.0 Å². The molecule has 2 aromatic carbocycles. The molecular weight excluding hydrogens is 325 g/mol. The molecule has 0 spiro atoms. The van der Waals surface area contributed by atoms with Gasteiger partial charge in [-0.2, -0.15) is 0 Å².